The monoisotopic (exact) mass is 171 g/mol. The normalized spacial score (nSPS) is 31.5. The van der Waals surface area contributed by atoms with Crippen LogP contribution in [0, 0.1) is 11.3 Å². The highest BCUT2D eigenvalue weighted by Gasteiger charge is 2.38. The fraction of sp³-hybridized carbons (Fsp3) is 1.00. The quantitative estimate of drug-likeness (QED) is 0.651. The molecule has 1 heterocycles. The van der Waals surface area contributed by atoms with Gasteiger partial charge in [0.25, 0.3) is 0 Å². The van der Waals surface area contributed by atoms with Gasteiger partial charge in [-0.2, -0.15) is 0 Å². The summed E-state index contributed by atoms with van der Waals surface area (Å²) in [5.41, 5.74) is 0.297. The van der Waals surface area contributed by atoms with Gasteiger partial charge in [-0.3, -0.25) is 5.32 Å². The molecule has 1 aliphatic heterocycles. The van der Waals surface area contributed by atoms with Gasteiger partial charge in [0.05, 0.1) is 12.8 Å². The molecule has 2 nitrogen and oxygen atoms in total. The maximum Gasteiger partial charge on any atom is 0.0973 e. The highest BCUT2D eigenvalue weighted by Crippen LogP contribution is 2.29. The van der Waals surface area contributed by atoms with Crippen molar-refractivity contribution in [2.24, 2.45) is 11.3 Å². The third-order valence-electron chi connectivity index (χ3n) is 2.50. The van der Waals surface area contributed by atoms with Gasteiger partial charge >= 0.3 is 0 Å². The van der Waals surface area contributed by atoms with Crippen molar-refractivity contribution in [1.82, 2.24) is 5.32 Å². The van der Waals surface area contributed by atoms with E-state index >= 15 is 0 Å². The van der Waals surface area contributed by atoms with Gasteiger partial charge in [0.1, 0.15) is 0 Å². The summed E-state index contributed by atoms with van der Waals surface area (Å²) >= 11 is 0. The van der Waals surface area contributed by atoms with Gasteiger partial charge in [-0.25, -0.2) is 0 Å². The first-order chi connectivity index (χ1) is 5.43. The van der Waals surface area contributed by atoms with Crippen LogP contribution in [0.4, 0.5) is 0 Å². The lowest BCUT2D eigenvalue weighted by Gasteiger charge is -2.32. The minimum Gasteiger partial charge on any atom is -0.361 e. The Morgan fingerprint density at radius 3 is 2.25 bits per heavy atom. The first-order valence-corrected chi connectivity index (χ1v) is 4.78. The molecule has 0 bridgehead atoms. The Morgan fingerprint density at radius 1 is 1.33 bits per heavy atom. The van der Waals surface area contributed by atoms with Gasteiger partial charge in [0.15, 0.2) is 0 Å². The van der Waals surface area contributed by atoms with Crippen LogP contribution in [0.5, 0.6) is 0 Å². The van der Waals surface area contributed by atoms with Gasteiger partial charge in [0.2, 0.25) is 0 Å². The van der Waals surface area contributed by atoms with Crippen molar-refractivity contribution >= 4 is 0 Å². The van der Waals surface area contributed by atoms with Crippen LogP contribution in [-0.2, 0) is 4.74 Å². The predicted octanol–water partition coefficient (Wildman–Crippen LogP) is 2.00. The average Bonchev–Trinajstić information content (AvgIpc) is 2.30. The van der Waals surface area contributed by atoms with Crippen molar-refractivity contribution in [2.45, 2.75) is 46.8 Å². The fourth-order valence-electron chi connectivity index (χ4n) is 1.82. The topological polar surface area (TPSA) is 21.3 Å². The zero-order valence-corrected chi connectivity index (χ0v) is 8.85. The van der Waals surface area contributed by atoms with Gasteiger partial charge in [0, 0.05) is 6.04 Å². The maximum atomic E-state index is 5.64. The molecular weight excluding hydrogens is 150 g/mol. The Morgan fingerprint density at radius 2 is 1.92 bits per heavy atom. The van der Waals surface area contributed by atoms with Gasteiger partial charge < -0.3 is 4.74 Å². The highest BCUT2D eigenvalue weighted by atomic mass is 16.5. The summed E-state index contributed by atoms with van der Waals surface area (Å²) in [6, 6.07) is 0.498. The Kier molecular flexibility index (Phi) is 2.79. The maximum absolute atomic E-state index is 5.64. The molecule has 0 aliphatic carbocycles. The second kappa shape index (κ2) is 3.35. The molecule has 0 aromatic carbocycles. The first-order valence-electron chi connectivity index (χ1n) is 4.78. The van der Waals surface area contributed by atoms with Crippen molar-refractivity contribution in [3.8, 4) is 0 Å². The van der Waals surface area contributed by atoms with Crippen molar-refractivity contribution in [3.05, 3.63) is 0 Å². The molecule has 0 spiro atoms. The molecule has 2 heteroatoms. The van der Waals surface area contributed by atoms with Crippen LogP contribution in [0.2, 0.25) is 0 Å². The lowest BCUT2D eigenvalue weighted by molar-refractivity contribution is 0.0488. The first kappa shape index (κ1) is 10.0. The van der Waals surface area contributed by atoms with Crippen molar-refractivity contribution in [1.29, 1.82) is 0 Å². The van der Waals surface area contributed by atoms with Crippen molar-refractivity contribution < 1.29 is 4.74 Å². The fourth-order valence-corrected chi connectivity index (χ4v) is 1.82. The molecule has 12 heavy (non-hydrogen) atoms. The third-order valence-corrected chi connectivity index (χ3v) is 2.50. The Balaban J connectivity index is 2.64. The highest BCUT2D eigenvalue weighted by molar-refractivity contribution is 4.91. The minimum absolute atomic E-state index is 0.297. The van der Waals surface area contributed by atoms with Crippen LogP contribution in [0.3, 0.4) is 0 Å². The van der Waals surface area contributed by atoms with E-state index < -0.39 is 0 Å². The summed E-state index contributed by atoms with van der Waals surface area (Å²) < 4.78 is 5.64. The summed E-state index contributed by atoms with van der Waals surface area (Å²) in [5, 5.41) is 3.41. The Labute approximate surface area is 75.7 Å². The van der Waals surface area contributed by atoms with Crippen molar-refractivity contribution in [2.75, 3.05) is 6.73 Å². The Hall–Kier alpha value is -0.0800. The van der Waals surface area contributed by atoms with Crippen LogP contribution < -0.4 is 5.32 Å². The molecule has 1 saturated heterocycles. The van der Waals surface area contributed by atoms with Crippen molar-refractivity contribution in [3.63, 3.8) is 0 Å². The molecule has 72 valence electrons. The van der Waals surface area contributed by atoms with Gasteiger partial charge in [-0.15, -0.1) is 0 Å². The second-order valence-corrected chi connectivity index (χ2v) is 5.07. The zero-order chi connectivity index (χ0) is 9.35. The predicted molar refractivity (Wildman–Crippen MR) is 51.0 cm³/mol. The van der Waals surface area contributed by atoms with Gasteiger partial charge in [-0.1, -0.05) is 34.6 Å². The summed E-state index contributed by atoms with van der Waals surface area (Å²) in [5.74, 6) is 0.601. The molecule has 0 saturated carbocycles. The molecule has 0 aromatic heterocycles. The molecule has 1 rings (SSSR count). The van der Waals surface area contributed by atoms with Crippen LogP contribution in [0.1, 0.15) is 34.6 Å². The molecule has 2 atom stereocenters. The van der Waals surface area contributed by atoms with E-state index in [-0.39, 0.29) is 0 Å². The van der Waals surface area contributed by atoms with Crippen LogP contribution in [0.25, 0.3) is 0 Å². The van der Waals surface area contributed by atoms with E-state index in [0.717, 1.165) is 0 Å². The van der Waals surface area contributed by atoms with Crippen LogP contribution in [0.15, 0.2) is 0 Å². The summed E-state index contributed by atoms with van der Waals surface area (Å²) in [4.78, 5) is 0. The van der Waals surface area contributed by atoms with E-state index in [4.69, 9.17) is 4.74 Å². The third kappa shape index (κ3) is 1.99. The smallest absolute Gasteiger partial charge is 0.0973 e. The van der Waals surface area contributed by atoms with E-state index in [9.17, 15) is 0 Å². The standard InChI is InChI=1S/C10H21NO/c1-7(2)8-9(10(3,4)5)11-6-12-8/h7-9,11H,6H2,1-5H3. The van der Waals surface area contributed by atoms with E-state index in [2.05, 4.69) is 39.9 Å². The summed E-state index contributed by atoms with van der Waals surface area (Å²) in [6.45, 7) is 11.9. The van der Waals surface area contributed by atoms with E-state index in [0.29, 0.717) is 30.2 Å². The number of nitrogens with one attached hydrogen (secondary N) is 1. The molecule has 1 fully saturated rings. The molecular formula is C10H21NO. The number of hydrogen-bond donors (Lipinski definition) is 1. The lowest BCUT2D eigenvalue weighted by Crippen LogP contribution is -2.44. The lowest BCUT2D eigenvalue weighted by atomic mass is 9.81. The Bertz CT molecular complexity index is 148. The van der Waals surface area contributed by atoms with E-state index in [1.54, 1.807) is 0 Å². The van der Waals surface area contributed by atoms with Crippen LogP contribution >= 0.6 is 0 Å². The average molecular weight is 171 g/mol. The summed E-state index contributed by atoms with van der Waals surface area (Å²) in [7, 11) is 0. The molecule has 0 aromatic rings. The molecule has 0 radical (unpaired) electrons. The summed E-state index contributed by atoms with van der Waals surface area (Å²) in [6.07, 6.45) is 0.380. The molecule has 2 unspecified atom stereocenters. The zero-order valence-electron chi connectivity index (χ0n) is 8.85. The van der Waals surface area contributed by atoms with E-state index in [1.165, 1.54) is 0 Å². The molecule has 1 aliphatic rings. The minimum atomic E-state index is 0.297. The molecule has 1 N–H and O–H groups in total. The van der Waals surface area contributed by atoms with E-state index in [1.807, 2.05) is 0 Å². The number of ether oxygens (including phenoxy) is 1. The number of rotatable bonds is 1. The largest absolute Gasteiger partial charge is 0.361 e. The second-order valence-electron chi connectivity index (χ2n) is 5.07. The van der Waals surface area contributed by atoms with Gasteiger partial charge in [-0.05, 0) is 11.3 Å². The van der Waals surface area contributed by atoms with Crippen LogP contribution in [-0.4, -0.2) is 18.9 Å². The number of hydrogen-bond acceptors (Lipinski definition) is 2. The SMILES string of the molecule is CC(C)C1OCNC1C(C)(C)C. The molecule has 0 amide bonds.